The van der Waals surface area contributed by atoms with Gasteiger partial charge in [0.1, 0.15) is 5.82 Å². The molecule has 0 bridgehead atoms. The highest BCUT2D eigenvalue weighted by Gasteiger charge is 2.26. The van der Waals surface area contributed by atoms with Gasteiger partial charge in [-0.1, -0.05) is 6.42 Å². The number of aryl methyl sites for hydroxylation is 1. The fourth-order valence-electron chi connectivity index (χ4n) is 4.50. The van der Waals surface area contributed by atoms with Crippen LogP contribution >= 0.6 is 0 Å². The van der Waals surface area contributed by atoms with E-state index in [4.69, 9.17) is 15.7 Å². The molecule has 1 fully saturated rings. The summed E-state index contributed by atoms with van der Waals surface area (Å²) >= 11 is 0. The van der Waals surface area contributed by atoms with Crippen molar-refractivity contribution in [2.24, 2.45) is 11.7 Å². The lowest BCUT2D eigenvalue weighted by Gasteiger charge is -2.28. The molecular formula is C20H26N8. The van der Waals surface area contributed by atoms with Gasteiger partial charge < -0.3 is 15.5 Å². The molecule has 0 amide bonds. The molecule has 8 heteroatoms. The number of pyridine rings is 1. The van der Waals surface area contributed by atoms with Gasteiger partial charge in [-0.25, -0.2) is 9.97 Å². The van der Waals surface area contributed by atoms with Gasteiger partial charge in [0.2, 0.25) is 0 Å². The first-order valence-electron chi connectivity index (χ1n) is 10.1. The summed E-state index contributed by atoms with van der Waals surface area (Å²) in [4.78, 5) is 18.4. The Morgan fingerprint density at radius 3 is 3.07 bits per heavy atom. The average molecular weight is 378 g/mol. The number of rotatable bonds is 4. The number of anilines is 3. The zero-order chi connectivity index (χ0) is 19.1. The fraction of sp³-hybridized carbons (Fsp3) is 0.500. The summed E-state index contributed by atoms with van der Waals surface area (Å²) in [7, 11) is 2.06. The number of nitrogens with two attached hydrogens (primary N) is 1. The highest BCUT2D eigenvalue weighted by molar-refractivity contribution is 5.87. The van der Waals surface area contributed by atoms with Crippen LogP contribution in [0.25, 0.3) is 11.2 Å². The van der Waals surface area contributed by atoms with Crippen LogP contribution in [-0.4, -0.2) is 51.3 Å². The third-order valence-electron chi connectivity index (χ3n) is 6.06. The van der Waals surface area contributed by atoms with E-state index >= 15 is 0 Å². The first kappa shape index (κ1) is 17.4. The number of nitrogens with one attached hydrogen (secondary N) is 1. The van der Waals surface area contributed by atoms with Crippen molar-refractivity contribution >= 4 is 28.5 Å². The van der Waals surface area contributed by atoms with E-state index in [1.807, 2.05) is 18.5 Å². The second-order valence-corrected chi connectivity index (χ2v) is 7.93. The highest BCUT2D eigenvalue weighted by Crippen LogP contribution is 2.34. The van der Waals surface area contributed by atoms with E-state index in [9.17, 15) is 0 Å². The molecule has 146 valence electrons. The second-order valence-electron chi connectivity index (χ2n) is 7.93. The highest BCUT2D eigenvalue weighted by atomic mass is 15.3. The fourth-order valence-corrected chi connectivity index (χ4v) is 4.50. The predicted molar refractivity (Wildman–Crippen MR) is 110 cm³/mol. The standard InChI is InChI=1S/C20H26N8/c1-27(12-13-5-2-6-14(13)21)17-11-23-18-19(24-17)25-26-20(18)28-10-4-7-15-16(28)8-3-9-22-15/h3,8-9,11,13-14H,2,4-7,10,12,21H2,1H3,(H,24,25,26)/t13-,14-/m1/s1. The van der Waals surface area contributed by atoms with Crippen LogP contribution in [0.3, 0.4) is 0 Å². The maximum absolute atomic E-state index is 6.23. The third kappa shape index (κ3) is 2.97. The zero-order valence-corrected chi connectivity index (χ0v) is 16.2. The molecule has 3 aromatic heterocycles. The molecule has 8 nitrogen and oxygen atoms in total. The smallest absolute Gasteiger partial charge is 0.183 e. The van der Waals surface area contributed by atoms with Crippen LogP contribution in [0.1, 0.15) is 31.4 Å². The maximum Gasteiger partial charge on any atom is 0.183 e. The molecule has 0 unspecified atom stereocenters. The lowest BCUT2D eigenvalue weighted by atomic mass is 10.0. The van der Waals surface area contributed by atoms with Crippen LogP contribution in [0.5, 0.6) is 0 Å². The van der Waals surface area contributed by atoms with Crippen LogP contribution in [0.4, 0.5) is 17.3 Å². The summed E-state index contributed by atoms with van der Waals surface area (Å²) in [5.74, 6) is 2.20. The van der Waals surface area contributed by atoms with Gasteiger partial charge in [-0.15, -0.1) is 0 Å². The van der Waals surface area contributed by atoms with E-state index in [1.165, 1.54) is 12.8 Å². The molecule has 2 atom stereocenters. The summed E-state index contributed by atoms with van der Waals surface area (Å²) in [6.45, 7) is 1.81. The number of aromatic nitrogens is 5. The molecule has 0 aromatic carbocycles. The van der Waals surface area contributed by atoms with Crippen molar-refractivity contribution in [3.8, 4) is 0 Å². The molecule has 1 aliphatic heterocycles. The molecule has 2 aliphatic rings. The van der Waals surface area contributed by atoms with E-state index in [2.05, 4.69) is 38.1 Å². The Hall–Kier alpha value is -2.74. The molecule has 1 aliphatic carbocycles. The molecule has 28 heavy (non-hydrogen) atoms. The summed E-state index contributed by atoms with van der Waals surface area (Å²) in [5, 5.41) is 7.62. The molecule has 4 heterocycles. The predicted octanol–water partition coefficient (Wildman–Crippen LogP) is 2.40. The number of hydrogen-bond donors (Lipinski definition) is 2. The van der Waals surface area contributed by atoms with E-state index in [-0.39, 0.29) is 0 Å². The minimum absolute atomic E-state index is 0.297. The van der Waals surface area contributed by atoms with Gasteiger partial charge in [0.05, 0.1) is 17.6 Å². The Balaban J connectivity index is 1.43. The number of H-pyrrole nitrogens is 1. The quantitative estimate of drug-likeness (QED) is 0.719. The van der Waals surface area contributed by atoms with Crippen molar-refractivity contribution in [2.75, 3.05) is 29.9 Å². The van der Waals surface area contributed by atoms with Crippen LogP contribution in [0.2, 0.25) is 0 Å². The zero-order valence-electron chi connectivity index (χ0n) is 16.2. The minimum atomic E-state index is 0.297. The van der Waals surface area contributed by atoms with Gasteiger partial charge >= 0.3 is 0 Å². The van der Waals surface area contributed by atoms with Crippen molar-refractivity contribution in [3.05, 3.63) is 30.2 Å². The molecule has 0 spiro atoms. The van der Waals surface area contributed by atoms with Crippen LogP contribution in [0, 0.1) is 5.92 Å². The number of nitrogens with zero attached hydrogens (tertiary/aromatic N) is 6. The average Bonchev–Trinajstić information content (AvgIpc) is 3.33. The normalized spacial score (nSPS) is 21.9. The van der Waals surface area contributed by atoms with Gasteiger partial charge in [0.15, 0.2) is 17.0 Å². The van der Waals surface area contributed by atoms with E-state index in [0.29, 0.717) is 17.6 Å². The molecule has 0 saturated heterocycles. The Labute approximate surface area is 164 Å². The van der Waals surface area contributed by atoms with Crippen LogP contribution in [0.15, 0.2) is 24.5 Å². The number of aromatic amines is 1. The molecular weight excluding hydrogens is 352 g/mol. The Morgan fingerprint density at radius 2 is 2.21 bits per heavy atom. The van der Waals surface area contributed by atoms with Gasteiger partial charge in [-0.3, -0.25) is 10.1 Å². The van der Waals surface area contributed by atoms with E-state index in [1.54, 1.807) is 0 Å². The Morgan fingerprint density at radius 1 is 1.29 bits per heavy atom. The number of hydrogen-bond acceptors (Lipinski definition) is 7. The topological polar surface area (TPSA) is 99.9 Å². The first-order chi connectivity index (χ1) is 13.7. The molecule has 5 rings (SSSR count). The van der Waals surface area contributed by atoms with Crippen LogP contribution in [-0.2, 0) is 6.42 Å². The summed E-state index contributed by atoms with van der Waals surface area (Å²) in [5.41, 5.74) is 9.97. The summed E-state index contributed by atoms with van der Waals surface area (Å²) in [6.07, 6.45) is 9.28. The van der Waals surface area contributed by atoms with Crippen molar-refractivity contribution in [1.29, 1.82) is 0 Å². The van der Waals surface area contributed by atoms with Crippen molar-refractivity contribution in [1.82, 2.24) is 25.1 Å². The van der Waals surface area contributed by atoms with Gasteiger partial charge in [-0.05, 0) is 43.7 Å². The van der Waals surface area contributed by atoms with Crippen molar-refractivity contribution < 1.29 is 0 Å². The minimum Gasteiger partial charge on any atom is -0.358 e. The molecule has 0 radical (unpaired) electrons. The molecule has 1 saturated carbocycles. The van der Waals surface area contributed by atoms with Gasteiger partial charge in [0, 0.05) is 32.4 Å². The van der Waals surface area contributed by atoms with Crippen molar-refractivity contribution in [3.63, 3.8) is 0 Å². The van der Waals surface area contributed by atoms with Crippen molar-refractivity contribution in [2.45, 2.75) is 38.1 Å². The second kappa shape index (κ2) is 7.01. The van der Waals surface area contributed by atoms with Gasteiger partial charge in [-0.2, -0.15) is 5.10 Å². The summed E-state index contributed by atoms with van der Waals surface area (Å²) < 4.78 is 0. The maximum atomic E-state index is 6.23. The Bertz CT molecular complexity index is 983. The molecule has 3 N–H and O–H groups in total. The number of fused-ring (bicyclic) bond motifs is 2. The van der Waals surface area contributed by atoms with Crippen LogP contribution < -0.4 is 15.5 Å². The SMILES string of the molecule is CN(C[C@H]1CCC[C@H]1N)c1cnc2c(N3CCCc4ncccc43)n[nH]c2n1. The van der Waals surface area contributed by atoms with E-state index < -0.39 is 0 Å². The van der Waals surface area contributed by atoms with E-state index in [0.717, 1.165) is 60.9 Å². The third-order valence-corrected chi connectivity index (χ3v) is 6.06. The molecule has 3 aromatic rings. The summed E-state index contributed by atoms with van der Waals surface area (Å²) in [6, 6.07) is 4.37. The monoisotopic (exact) mass is 378 g/mol. The lowest BCUT2D eigenvalue weighted by molar-refractivity contribution is 0.481. The lowest BCUT2D eigenvalue weighted by Crippen LogP contribution is -2.34. The largest absolute Gasteiger partial charge is 0.358 e. The Kier molecular flexibility index (Phi) is 4.35. The first-order valence-corrected chi connectivity index (χ1v) is 10.1. The van der Waals surface area contributed by atoms with Gasteiger partial charge in [0.25, 0.3) is 0 Å².